The van der Waals surface area contributed by atoms with Gasteiger partial charge in [-0.1, -0.05) is 30.3 Å². The van der Waals surface area contributed by atoms with Crippen LogP contribution in [0.4, 0.5) is 13.2 Å². The van der Waals surface area contributed by atoms with Gasteiger partial charge in [-0.15, -0.1) is 13.2 Å². The van der Waals surface area contributed by atoms with Crippen molar-refractivity contribution in [3.05, 3.63) is 35.9 Å². The molecule has 0 heterocycles. The fourth-order valence-corrected chi connectivity index (χ4v) is 1.17. The van der Waals surface area contributed by atoms with Crippen LogP contribution in [0, 0.1) is 0 Å². The monoisotopic (exact) mass is 234 g/mol. The van der Waals surface area contributed by atoms with Crippen molar-refractivity contribution in [2.45, 2.75) is 18.9 Å². The maximum atomic E-state index is 11.9. The summed E-state index contributed by atoms with van der Waals surface area (Å²) in [7, 11) is 0. The van der Waals surface area contributed by atoms with Gasteiger partial charge in [0.2, 0.25) is 0 Å². The predicted molar refractivity (Wildman–Crippen MR) is 48.7 cm³/mol. The maximum absolute atomic E-state index is 11.9. The molecule has 0 amide bonds. The van der Waals surface area contributed by atoms with Crippen molar-refractivity contribution in [3.8, 4) is 0 Å². The Hall–Kier alpha value is -1.56. The average Bonchev–Trinajstić information content (AvgIpc) is 2.16. The van der Waals surface area contributed by atoms with Gasteiger partial charge in [0.05, 0.1) is 0 Å². The number of alkyl halides is 3. The predicted octanol–water partition coefficient (Wildman–Crippen LogP) is 2.22. The first-order valence-electron chi connectivity index (χ1n) is 4.40. The molecule has 0 fully saturated rings. The third-order valence-electron chi connectivity index (χ3n) is 1.82. The van der Waals surface area contributed by atoms with E-state index in [1.165, 1.54) is 12.1 Å². The molecule has 0 saturated heterocycles. The van der Waals surface area contributed by atoms with Gasteiger partial charge in [0, 0.05) is 6.42 Å². The Balaban J connectivity index is 2.70. The van der Waals surface area contributed by atoms with Gasteiger partial charge >= 0.3 is 12.3 Å². The fraction of sp³-hybridized carbons (Fsp3) is 0.300. The van der Waals surface area contributed by atoms with E-state index in [1.54, 1.807) is 18.2 Å². The Kier molecular flexibility index (Phi) is 3.89. The first kappa shape index (κ1) is 12.5. The van der Waals surface area contributed by atoms with Crippen LogP contribution in [0.25, 0.3) is 0 Å². The van der Waals surface area contributed by atoms with Crippen LogP contribution in [-0.2, 0) is 16.0 Å². The van der Waals surface area contributed by atoms with Gasteiger partial charge in [-0.2, -0.15) is 0 Å². The van der Waals surface area contributed by atoms with Crippen LogP contribution in [0.15, 0.2) is 30.3 Å². The number of halogens is 3. The molecule has 0 bridgehead atoms. The minimum Gasteiger partial charge on any atom is -0.479 e. The molecule has 16 heavy (non-hydrogen) atoms. The summed E-state index contributed by atoms with van der Waals surface area (Å²) in [5.74, 6) is -1.64. The Morgan fingerprint density at radius 2 is 1.88 bits per heavy atom. The smallest absolute Gasteiger partial charge is 0.479 e. The number of benzene rings is 1. The highest BCUT2D eigenvalue weighted by molar-refractivity contribution is 5.72. The molecule has 3 nitrogen and oxygen atoms in total. The SMILES string of the molecule is O=C(O)C(Cc1ccccc1)OC(F)(F)F. The van der Waals surface area contributed by atoms with Crippen LogP contribution in [0.3, 0.4) is 0 Å². The van der Waals surface area contributed by atoms with Crippen molar-refractivity contribution < 1.29 is 27.8 Å². The molecular weight excluding hydrogens is 225 g/mol. The topological polar surface area (TPSA) is 46.5 Å². The van der Waals surface area contributed by atoms with Crippen LogP contribution < -0.4 is 0 Å². The quantitative estimate of drug-likeness (QED) is 0.868. The zero-order chi connectivity index (χ0) is 12.2. The summed E-state index contributed by atoms with van der Waals surface area (Å²) in [6.45, 7) is 0. The molecule has 1 aromatic carbocycles. The standard InChI is InChI=1S/C10H9F3O3/c11-10(12,13)16-8(9(14)15)6-7-4-2-1-3-5-7/h1-5,8H,6H2,(H,14,15). The van der Waals surface area contributed by atoms with Gasteiger partial charge in [-0.25, -0.2) is 4.79 Å². The lowest BCUT2D eigenvalue weighted by molar-refractivity contribution is -0.339. The number of carboxylic acid groups (broad SMARTS) is 1. The number of hydrogen-bond acceptors (Lipinski definition) is 2. The summed E-state index contributed by atoms with van der Waals surface area (Å²) in [6, 6.07) is 7.99. The van der Waals surface area contributed by atoms with Crippen molar-refractivity contribution in [1.29, 1.82) is 0 Å². The molecule has 1 aromatic rings. The van der Waals surface area contributed by atoms with Gasteiger partial charge in [0.1, 0.15) is 0 Å². The normalized spacial score (nSPS) is 13.4. The second kappa shape index (κ2) is 4.98. The van der Waals surface area contributed by atoms with Gasteiger partial charge in [0.25, 0.3) is 0 Å². The van der Waals surface area contributed by atoms with E-state index in [2.05, 4.69) is 4.74 Å². The van der Waals surface area contributed by atoms with Gasteiger partial charge in [-0.05, 0) is 5.56 Å². The van der Waals surface area contributed by atoms with E-state index >= 15 is 0 Å². The van der Waals surface area contributed by atoms with E-state index in [0.29, 0.717) is 5.56 Å². The molecule has 1 N–H and O–H groups in total. The second-order valence-electron chi connectivity index (χ2n) is 3.08. The van der Waals surface area contributed by atoms with Crippen molar-refractivity contribution in [1.82, 2.24) is 0 Å². The van der Waals surface area contributed by atoms with Crippen LogP contribution in [0.5, 0.6) is 0 Å². The van der Waals surface area contributed by atoms with E-state index in [4.69, 9.17) is 5.11 Å². The number of ether oxygens (including phenoxy) is 1. The number of hydrogen-bond donors (Lipinski definition) is 1. The number of aliphatic carboxylic acids is 1. The zero-order valence-corrected chi connectivity index (χ0v) is 8.07. The second-order valence-corrected chi connectivity index (χ2v) is 3.08. The van der Waals surface area contributed by atoms with Crippen LogP contribution in [0.2, 0.25) is 0 Å². The van der Waals surface area contributed by atoms with Crippen molar-refractivity contribution in [3.63, 3.8) is 0 Å². The molecule has 0 aromatic heterocycles. The lowest BCUT2D eigenvalue weighted by atomic mass is 10.1. The van der Waals surface area contributed by atoms with Crippen molar-refractivity contribution in [2.75, 3.05) is 0 Å². The Bertz CT molecular complexity index is 348. The first-order chi connectivity index (χ1) is 7.38. The molecule has 0 aliphatic rings. The molecule has 0 aliphatic carbocycles. The number of rotatable bonds is 4. The van der Waals surface area contributed by atoms with E-state index in [9.17, 15) is 18.0 Å². The highest BCUT2D eigenvalue weighted by Crippen LogP contribution is 2.20. The highest BCUT2D eigenvalue weighted by Gasteiger charge is 2.36. The van der Waals surface area contributed by atoms with Crippen molar-refractivity contribution in [2.24, 2.45) is 0 Å². The van der Waals surface area contributed by atoms with E-state index in [0.717, 1.165) is 0 Å². The first-order valence-corrected chi connectivity index (χ1v) is 4.40. The summed E-state index contributed by atoms with van der Waals surface area (Å²) in [5, 5.41) is 8.57. The van der Waals surface area contributed by atoms with Crippen LogP contribution in [0.1, 0.15) is 5.56 Å². The molecule has 1 unspecified atom stereocenters. The third kappa shape index (κ3) is 4.31. The fourth-order valence-electron chi connectivity index (χ4n) is 1.17. The summed E-state index contributed by atoms with van der Waals surface area (Å²) in [4.78, 5) is 10.6. The molecular formula is C10H9F3O3. The molecule has 1 atom stereocenters. The van der Waals surface area contributed by atoms with Crippen LogP contribution >= 0.6 is 0 Å². The molecule has 0 saturated carbocycles. The highest BCUT2D eigenvalue weighted by atomic mass is 19.4. The lowest BCUT2D eigenvalue weighted by Gasteiger charge is -2.15. The minimum absolute atomic E-state index is 0.324. The summed E-state index contributed by atoms with van der Waals surface area (Å²) in [5.41, 5.74) is 0.471. The molecule has 0 radical (unpaired) electrons. The molecule has 0 aliphatic heterocycles. The number of carbonyl (C=O) groups is 1. The molecule has 88 valence electrons. The summed E-state index contributed by atoms with van der Waals surface area (Å²) >= 11 is 0. The van der Waals surface area contributed by atoms with Crippen molar-refractivity contribution >= 4 is 5.97 Å². The van der Waals surface area contributed by atoms with E-state index < -0.39 is 18.4 Å². The molecule has 1 rings (SSSR count). The Morgan fingerprint density at radius 3 is 2.31 bits per heavy atom. The van der Waals surface area contributed by atoms with E-state index in [-0.39, 0.29) is 6.42 Å². The largest absolute Gasteiger partial charge is 0.523 e. The van der Waals surface area contributed by atoms with Crippen LogP contribution in [-0.4, -0.2) is 23.5 Å². The third-order valence-corrected chi connectivity index (χ3v) is 1.82. The van der Waals surface area contributed by atoms with Gasteiger partial charge in [0.15, 0.2) is 6.10 Å². The zero-order valence-electron chi connectivity index (χ0n) is 8.07. The minimum atomic E-state index is -4.95. The average molecular weight is 234 g/mol. The Labute approximate surface area is 89.5 Å². The lowest BCUT2D eigenvalue weighted by Crippen LogP contribution is -2.32. The number of carboxylic acids is 1. The Morgan fingerprint density at radius 1 is 1.31 bits per heavy atom. The van der Waals surface area contributed by atoms with E-state index in [1.807, 2.05) is 0 Å². The summed E-state index contributed by atoms with van der Waals surface area (Å²) < 4.78 is 39.2. The molecule has 0 spiro atoms. The maximum Gasteiger partial charge on any atom is 0.523 e. The van der Waals surface area contributed by atoms with Gasteiger partial charge in [-0.3, -0.25) is 4.74 Å². The molecule has 6 heteroatoms. The summed E-state index contributed by atoms with van der Waals surface area (Å²) in [6.07, 6.45) is -7.18. The van der Waals surface area contributed by atoms with Gasteiger partial charge < -0.3 is 5.11 Å².